The summed E-state index contributed by atoms with van der Waals surface area (Å²) in [6.07, 6.45) is 0. The quantitative estimate of drug-likeness (QED) is 0.218. The molecule has 0 saturated heterocycles. The molecule has 0 heterocycles. The van der Waals surface area contributed by atoms with Crippen LogP contribution in [-0.2, 0) is 28.7 Å². The highest BCUT2D eigenvalue weighted by atomic mass is 17.2. The molecule has 0 N–H and O–H groups in total. The summed E-state index contributed by atoms with van der Waals surface area (Å²) in [6.45, 7) is 0.448. The first-order valence-electron chi connectivity index (χ1n) is 3.29. The fourth-order valence-electron chi connectivity index (χ4n) is 0.385. The molecule has 0 aromatic rings. The summed E-state index contributed by atoms with van der Waals surface area (Å²) in [5.41, 5.74) is 0. The van der Waals surface area contributed by atoms with E-state index in [9.17, 15) is 0 Å². The van der Waals surface area contributed by atoms with E-state index in [1.54, 1.807) is 0 Å². The number of ether oxygens (including phenoxy) is 4. The molecule has 0 radical (unpaired) electrons. The van der Waals surface area contributed by atoms with Crippen LogP contribution in [0, 0.1) is 0 Å². The van der Waals surface area contributed by atoms with E-state index >= 15 is 0 Å². The van der Waals surface area contributed by atoms with Crippen molar-refractivity contribution >= 4 is 0 Å². The lowest BCUT2D eigenvalue weighted by atomic mass is 11.2. The second-order valence-electron chi connectivity index (χ2n) is 1.66. The van der Waals surface area contributed by atoms with Gasteiger partial charge in [0.1, 0.15) is 6.79 Å². The zero-order valence-electron chi connectivity index (χ0n) is 7.28. The van der Waals surface area contributed by atoms with Crippen molar-refractivity contribution in [2.45, 2.75) is 0 Å². The third-order valence-corrected chi connectivity index (χ3v) is 0.784. The molecule has 0 aliphatic heterocycles. The van der Waals surface area contributed by atoms with Gasteiger partial charge in [-0.05, 0) is 0 Å². The van der Waals surface area contributed by atoms with Gasteiger partial charge in [-0.3, -0.25) is 0 Å². The van der Waals surface area contributed by atoms with E-state index in [1.807, 2.05) is 0 Å². The molecule has 0 saturated carbocycles. The van der Waals surface area contributed by atoms with Crippen molar-refractivity contribution in [2.24, 2.45) is 0 Å². The van der Waals surface area contributed by atoms with Crippen LogP contribution >= 0.6 is 0 Å². The maximum absolute atomic E-state index is 4.82. The minimum absolute atomic E-state index is 0.0285. The van der Waals surface area contributed by atoms with Crippen LogP contribution in [0.5, 0.6) is 0 Å². The molecule has 0 amide bonds. The van der Waals surface area contributed by atoms with Gasteiger partial charge in [0.15, 0.2) is 20.4 Å². The standard InChI is InChI=1S/C6H14O6/c1-7-3-9-4-10-5-11-6-12-8-2/h3-6H2,1-2H3. The van der Waals surface area contributed by atoms with Crippen molar-refractivity contribution in [2.75, 3.05) is 41.4 Å². The lowest BCUT2D eigenvalue weighted by molar-refractivity contribution is -0.331. The molecule has 0 unspecified atom stereocenters. The molecule has 0 fully saturated rings. The predicted octanol–water partition coefficient (Wildman–Crippen LogP) is 0.0906. The van der Waals surface area contributed by atoms with E-state index in [-0.39, 0.29) is 27.2 Å². The molecule has 0 aromatic carbocycles. The highest BCUT2D eigenvalue weighted by molar-refractivity contribution is 4.02. The van der Waals surface area contributed by atoms with Crippen LogP contribution in [0.3, 0.4) is 0 Å². The molecule has 6 nitrogen and oxygen atoms in total. The van der Waals surface area contributed by atoms with E-state index in [2.05, 4.69) is 14.5 Å². The highest BCUT2D eigenvalue weighted by Crippen LogP contribution is 1.82. The van der Waals surface area contributed by atoms with E-state index in [0.717, 1.165) is 0 Å². The molecule has 0 atom stereocenters. The van der Waals surface area contributed by atoms with Gasteiger partial charge in [-0.1, -0.05) is 0 Å². The summed E-state index contributed by atoms with van der Waals surface area (Å²) in [5.74, 6) is 0. The van der Waals surface area contributed by atoms with Crippen LogP contribution in [0.15, 0.2) is 0 Å². The van der Waals surface area contributed by atoms with Crippen molar-refractivity contribution in [3.63, 3.8) is 0 Å². The number of hydrogen-bond donors (Lipinski definition) is 0. The monoisotopic (exact) mass is 182 g/mol. The number of rotatable bonds is 9. The maximum Gasteiger partial charge on any atom is 0.183 e. The molecule has 0 aromatic heterocycles. The molecular formula is C6H14O6. The van der Waals surface area contributed by atoms with Crippen molar-refractivity contribution in [3.8, 4) is 0 Å². The summed E-state index contributed by atoms with van der Waals surface area (Å²) in [7, 11) is 2.93. The lowest BCUT2D eigenvalue weighted by Crippen LogP contribution is -2.08. The number of methoxy groups -OCH3 is 1. The van der Waals surface area contributed by atoms with E-state index in [4.69, 9.17) is 14.2 Å². The molecule has 0 aliphatic carbocycles. The largest absolute Gasteiger partial charge is 0.359 e. The molecule has 6 heteroatoms. The molecule has 12 heavy (non-hydrogen) atoms. The molecule has 0 bridgehead atoms. The minimum atomic E-state index is 0.0285. The Morgan fingerprint density at radius 2 is 1.33 bits per heavy atom. The Kier molecular flexibility index (Phi) is 10.5. The highest BCUT2D eigenvalue weighted by Gasteiger charge is 1.88. The summed E-state index contributed by atoms with van der Waals surface area (Å²) in [4.78, 5) is 8.65. The van der Waals surface area contributed by atoms with Crippen LogP contribution in [0.2, 0.25) is 0 Å². The van der Waals surface area contributed by atoms with Gasteiger partial charge in [-0.25, -0.2) is 9.78 Å². The molecule has 0 spiro atoms. The Hall–Kier alpha value is -0.240. The first-order valence-corrected chi connectivity index (χ1v) is 3.29. The summed E-state index contributed by atoms with van der Waals surface area (Å²) in [6, 6.07) is 0. The Bertz CT molecular complexity index is 68.4. The smallest absolute Gasteiger partial charge is 0.183 e. The Balaban J connectivity index is 2.73. The van der Waals surface area contributed by atoms with Crippen molar-refractivity contribution in [3.05, 3.63) is 0 Å². The van der Waals surface area contributed by atoms with Gasteiger partial charge < -0.3 is 18.9 Å². The minimum Gasteiger partial charge on any atom is -0.359 e. The molecular weight excluding hydrogens is 168 g/mol. The lowest BCUT2D eigenvalue weighted by Gasteiger charge is -2.04. The fraction of sp³-hybridized carbons (Fsp3) is 1.00. The van der Waals surface area contributed by atoms with Crippen LogP contribution in [0.4, 0.5) is 0 Å². The molecule has 74 valence electrons. The molecule has 0 rings (SSSR count). The zero-order valence-corrected chi connectivity index (χ0v) is 7.28. The first kappa shape index (κ1) is 11.8. The van der Waals surface area contributed by atoms with Gasteiger partial charge >= 0.3 is 0 Å². The summed E-state index contributed by atoms with van der Waals surface area (Å²) >= 11 is 0. The topological polar surface area (TPSA) is 55.4 Å². The van der Waals surface area contributed by atoms with Crippen molar-refractivity contribution in [1.82, 2.24) is 0 Å². The van der Waals surface area contributed by atoms with Crippen LogP contribution in [-0.4, -0.2) is 41.4 Å². The second-order valence-corrected chi connectivity index (χ2v) is 1.66. The van der Waals surface area contributed by atoms with Gasteiger partial charge in [0.25, 0.3) is 0 Å². The molecule has 0 aliphatic rings. The van der Waals surface area contributed by atoms with Crippen molar-refractivity contribution < 1.29 is 28.7 Å². The van der Waals surface area contributed by atoms with Crippen molar-refractivity contribution in [1.29, 1.82) is 0 Å². The summed E-state index contributed by atoms with van der Waals surface area (Å²) < 4.78 is 19.0. The third kappa shape index (κ3) is 9.76. The van der Waals surface area contributed by atoms with E-state index < -0.39 is 0 Å². The second kappa shape index (κ2) is 10.8. The van der Waals surface area contributed by atoms with Gasteiger partial charge in [0, 0.05) is 7.11 Å². The predicted molar refractivity (Wildman–Crippen MR) is 37.8 cm³/mol. The van der Waals surface area contributed by atoms with Gasteiger partial charge in [-0.2, -0.15) is 0 Å². The van der Waals surface area contributed by atoms with Crippen LogP contribution < -0.4 is 0 Å². The van der Waals surface area contributed by atoms with Crippen LogP contribution in [0.25, 0.3) is 0 Å². The number of hydrogen-bond acceptors (Lipinski definition) is 6. The van der Waals surface area contributed by atoms with E-state index in [0.29, 0.717) is 0 Å². The average molecular weight is 182 g/mol. The van der Waals surface area contributed by atoms with E-state index in [1.165, 1.54) is 14.2 Å². The third-order valence-electron chi connectivity index (χ3n) is 0.784. The Morgan fingerprint density at radius 1 is 0.750 bits per heavy atom. The maximum atomic E-state index is 4.82. The van der Waals surface area contributed by atoms with Gasteiger partial charge in [0.05, 0.1) is 7.11 Å². The Labute approximate surface area is 71.2 Å². The van der Waals surface area contributed by atoms with Gasteiger partial charge in [-0.15, -0.1) is 0 Å². The fourth-order valence-corrected chi connectivity index (χ4v) is 0.385. The SMILES string of the molecule is COCOCOCOCOOC. The normalized spacial score (nSPS) is 10.5. The first-order chi connectivity index (χ1) is 5.91. The average Bonchev–Trinajstić information content (AvgIpc) is 2.10. The van der Waals surface area contributed by atoms with Gasteiger partial charge in [0.2, 0.25) is 0 Å². The van der Waals surface area contributed by atoms with Crippen LogP contribution in [0.1, 0.15) is 0 Å². The zero-order chi connectivity index (χ0) is 9.07. The Morgan fingerprint density at radius 3 is 1.92 bits per heavy atom. The summed E-state index contributed by atoms with van der Waals surface area (Å²) in [5, 5.41) is 0.